The van der Waals surface area contributed by atoms with Crippen LogP contribution in [-0.4, -0.2) is 18.0 Å². The molecule has 0 spiro atoms. The molecule has 0 saturated heterocycles. The number of ether oxygens (including phenoxy) is 1. The van der Waals surface area contributed by atoms with Gasteiger partial charge in [0.15, 0.2) is 5.13 Å². The Labute approximate surface area is 159 Å². The van der Waals surface area contributed by atoms with Crippen LogP contribution >= 0.6 is 27.3 Å². The minimum Gasteiger partial charge on any atom is -0.497 e. The van der Waals surface area contributed by atoms with E-state index in [-0.39, 0.29) is 5.91 Å². The zero-order valence-electron chi connectivity index (χ0n) is 13.9. The van der Waals surface area contributed by atoms with Gasteiger partial charge in [-0.3, -0.25) is 4.79 Å². The number of benzene rings is 2. The first kappa shape index (κ1) is 17.6. The number of anilines is 1. The van der Waals surface area contributed by atoms with Crippen LogP contribution in [0.25, 0.3) is 11.3 Å². The fourth-order valence-electron chi connectivity index (χ4n) is 2.42. The quantitative estimate of drug-likeness (QED) is 0.631. The van der Waals surface area contributed by atoms with Gasteiger partial charge >= 0.3 is 0 Å². The van der Waals surface area contributed by atoms with Gasteiger partial charge in [-0.15, -0.1) is 11.3 Å². The van der Waals surface area contributed by atoms with Crippen LogP contribution in [0.2, 0.25) is 0 Å². The van der Waals surface area contributed by atoms with Gasteiger partial charge in [-0.2, -0.15) is 0 Å². The Bertz CT molecular complexity index is 873. The molecule has 25 heavy (non-hydrogen) atoms. The van der Waals surface area contributed by atoms with Crippen molar-refractivity contribution in [3.63, 3.8) is 0 Å². The molecule has 3 rings (SSSR count). The van der Waals surface area contributed by atoms with Crippen molar-refractivity contribution in [1.29, 1.82) is 0 Å². The molecule has 128 valence electrons. The molecule has 0 fully saturated rings. The maximum atomic E-state index is 12.2. The Kier molecular flexibility index (Phi) is 5.50. The van der Waals surface area contributed by atoms with E-state index < -0.39 is 0 Å². The number of halogens is 1. The molecule has 1 amide bonds. The summed E-state index contributed by atoms with van der Waals surface area (Å²) in [7, 11) is 1.64. The van der Waals surface area contributed by atoms with Gasteiger partial charge in [-0.1, -0.05) is 28.1 Å². The van der Waals surface area contributed by atoms with Gasteiger partial charge in [-0.05, 0) is 48.9 Å². The van der Waals surface area contributed by atoms with Gasteiger partial charge in [0.25, 0.3) is 0 Å². The van der Waals surface area contributed by atoms with Crippen molar-refractivity contribution in [3.8, 4) is 17.0 Å². The molecule has 0 radical (unpaired) electrons. The number of aromatic nitrogens is 1. The third kappa shape index (κ3) is 4.46. The van der Waals surface area contributed by atoms with Crippen molar-refractivity contribution in [2.45, 2.75) is 13.3 Å². The molecule has 1 aromatic heterocycles. The van der Waals surface area contributed by atoms with Gasteiger partial charge < -0.3 is 10.1 Å². The van der Waals surface area contributed by atoms with Crippen LogP contribution in [0, 0.1) is 6.92 Å². The molecule has 3 aromatic rings. The lowest BCUT2D eigenvalue weighted by atomic mass is 10.1. The molecule has 0 bridgehead atoms. The molecule has 0 unspecified atom stereocenters. The molecule has 0 aliphatic rings. The first-order chi connectivity index (χ1) is 12.0. The number of thiazole rings is 1. The van der Waals surface area contributed by atoms with Crippen LogP contribution in [-0.2, 0) is 11.2 Å². The molecule has 0 aliphatic carbocycles. The summed E-state index contributed by atoms with van der Waals surface area (Å²) in [5, 5.41) is 3.51. The van der Waals surface area contributed by atoms with Crippen LogP contribution in [0.1, 0.15) is 10.4 Å². The summed E-state index contributed by atoms with van der Waals surface area (Å²) in [4.78, 5) is 17.9. The zero-order valence-corrected chi connectivity index (χ0v) is 16.3. The fraction of sp³-hybridized carbons (Fsp3) is 0.158. The van der Waals surface area contributed by atoms with E-state index in [0.717, 1.165) is 31.9 Å². The van der Waals surface area contributed by atoms with Gasteiger partial charge in [0, 0.05) is 14.9 Å². The number of hydrogen-bond acceptors (Lipinski definition) is 4. The highest BCUT2D eigenvalue weighted by Gasteiger charge is 2.12. The number of hydrogen-bond donors (Lipinski definition) is 1. The summed E-state index contributed by atoms with van der Waals surface area (Å²) in [6, 6.07) is 15.5. The largest absolute Gasteiger partial charge is 0.497 e. The highest BCUT2D eigenvalue weighted by Crippen LogP contribution is 2.31. The Morgan fingerprint density at radius 1 is 1.16 bits per heavy atom. The lowest BCUT2D eigenvalue weighted by Crippen LogP contribution is -2.14. The minimum atomic E-state index is -0.0719. The Morgan fingerprint density at radius 3 is 2.48 bits per heavy atom. The lowest BCUT2D eigenvalue weighted by Gasteiger charge is -2.03. The van der Waals surface area contributed by atoms with E-state index in [1.165, 1.54) is 11.3 Å². The number of aryl methyl sites for hydroxylation is 1. The number of nitrogens with zero attached hydrogens (tertiary/aromatic N) is 1. The van der Waals surface area contributed by atoms with Gasteiger partial charge in [0.1, 0.15) is 5.75 Å². The molecule has 1 heterocycles. The molecular formula is C19H17BrN2O2S. The highest BCUT2D eigenvalue weighted by molar-refractivity contribution is 9.10. The maximum Gasteiger partial charge on any atom is 0.230 e. The predicted octanol–water partition coefficient (Wildman–Crippen LogP) is 5.07. The number of carbonyl (C=O) groups excluding carboxylic acids is 1. The number of rotatable bonds is 5. The van der Waals surface area contributed by atoms with Crippen molar-refractivity contribution >= 4 is 38.3 Å². The summed E-state index contributed by atoms with van der Waals surface area (Å²) in [6.45, 7) is 2.00. The third-order valence-electron chi connectivity index (χ3n) is 3.68. The maximum absolute atomic E-state index is 12.2. The van der Waals surface area contributed by atoms with E-state index in [0.29, 0.717) is 11.6 Å². The second-order valence-corrected chi connectivity index (χ2v) is 7.62. The van der Waals surface area contributed by atoms with E-state index in [2.05, 4.69) is 26.2 Å². The average molecular weight is 417 g/mol. The van der Waals surface area contributed by atoms with Gasteiger partial charge in [0.2, 0.25) is 5.91 Å². The summed E-state index contributed by atoms with van der Waals surface area (Å²) in [5.74, 6) is 0.733. The summed E-state index contributed by atoms with van der Waals surface area (Å²) in [5.41, 5.74) is 2.85. The Morgan fingerprint density at radius 2 is 1.84 bits per heavy atom. The highest BCUT2D eigenvalue weighted by atomic mass is 79.9. The second kappa shape index (κ2) is 7.80. The van der Waals surface area contributed by atoms with Crippen LogP contribution in [0.4, 0.5) is 5.13 Å². The van der Waals surface area contributed by atoms with Crippen LogP contribution < -0.4 is 10.1 Å². The van der Waals surface area contributed by atoms with Gasteiger partial charge in [0.05, 0.1) is 19.2 Å². The fourth-order valence-corrected chi connectivity index (χ4v) is 3.53. The van der Waals surface area contributed by atoms with Crippen LogP contribution in [0.15, 0.2) is 53.0 Å². The van der Waals surface area contributed by atoms with Crippen molar-refractivity contribution in [2.75, 3.05) is 12.4 Å². The van der Waals surface area contributed by atoms with E-state index in [1.807, 2.05) is 55.5 Å². The smallest absolute Gasteiger partial charge is 0.230 e. The van der Waals surface area contributed by atoms with E-state index >= 15 is 0 Å². The minimum absolute atomic E-state index is 0.0719. The number of methoxy groups -OCH3 is 1. The van der Waals surface area contributed by atoms with E-state index in [4.69, 9.17) is 4.74 Å². The van der Waals surface area contributed by atoms with E-state index in [9.17, 15) is 4.79 Å². The van der Waals surface area contributed by atoms with Crippen molar-refractivity contribution < 1.29 is 9.53 Å². The average Bonchev–Trinajstić information content (AvgIpc) is 2.97. The summed E-state index contributed by atoms with van der Waals surface area (Å²) < 4.78 is 6.18. The molecule has 6 heteroatoms. The summed E-state index contributed by atoms with van der Waals surface area (Å²) >= 11 is 4.87. The molecule has 4 nitrogen and oxygen atoms in total. The van der Waals surface area contributed by atoms with Crippen LogP contribution in [0.3, 0.4) is 0 Å². The van der Waals surface area contributed by atoms with Crippen molar-refractivity contribution in [1.82, 2.24) is 4.98 Å². The molecule has 2 aromatic carbocycles. The zero-order chi connectivity index (χ0) is 17.8. The molecular weight excluding hydrogens is 400 g/mol. The first-order valence-corrected chi connectivity index (χ1v) is 9.32. The standard InChI is InChI=1S/C19H17BrN2O2S/c1-12-18(14-5-9-16(24-2)10-6-14)22-19(25-12)21-17(23)11-13-3-7-15(20)8-4-13/h3-10H,11H2,1-2H3,(H,21,22,23). The number of nitrogens with one attached hydrogen (secondary N) is 1. The lowest BCUT2D eigenvalue weighted by molar-refractivity contribution is -0.115. The molecule has 0 aliphatic heterocycles. The number of carbonyl (C=O) groups is 1. The summed E-state index contributed by atoms with van der Waals surface area (Å²) in [6.07, 6.45) is 0.323. The predicted molar refractivity (Wildman–Crippen MR) is 105 cm³/mol. The van der Waals surface area contributed by atoms with Crippen LogP contribution in [0.5, 0.6) is 5.75 Å². The Balaban J connectivity index is 1.71. The topological polar surface area (TPSA) is 51.2 Å². The van der Waals surface area contributed by atoms with Gasteiger partial charge in [-0.25, -0.2) is 4.98 Å². The van der Waals surface area contributed by atoms with Crippen molar-refractivity contribution in [3.05, 3.63) is 63.4 Å². The SMILES string of the molecule is COc1ccc(-c2nc(NC(=O)Cc3ccc(Br)cc3)sc2C)cc1. The number of amides is 1. The van der Waals surface area contributed by atoms with E-state index in [1.54, 1.807) is 7.11 Å². The molecule has 0 atom stereocenters. The first-order valence-electron chi connectivity index (χ1n) is 7.71. The molecule has 0 saturated carbocycles. The van der Waals surface area contributed by atoms with Crippen molar-refractivity contribution in [2.24, 2.45) is 0 Å². The third-order valence-corrected chi connectivity index (χ3v) is 5.10. The molecule has 1 N–H and O–H groups in total. The normalized spacial score (nSPS) is 10.5. The monoisotopic (exact) mass is 416 g/mol. The Hall–Kier alpha value is -2.18. The second-order valence-electron chi connectivity index (χ2n) is 5.50.